The molecule has 0 fully saturated rings. The molecule has 0 radical (unpaired) electrons. The SMILES string of the molecule is FC(F)(F)c1ccc(-c2cc(Cl)nc(Cl)n2)cc1. The maximum Gasteiger partial charge on any atom is 0.416 e. The predicted octanol–water partition coefficient (Wildman–Crippen LogP) is 4.47. The standard InChI is InChI=1S/C11H5Cl2F3N2/c12-9-5-8(17-10(13)18-9)6-1-3-7(4-2-6)11(14,15)16/h1-5H. The molecule has 0 saturated carbocycles. The first-order valence-corrected chi connectivity index (χ1v) is 5.49. The molecule has 0 bridgehead atoms. The lowest BCUT2D eigenvalue weighted by atomic mass is 10.1. The average Bonchev–Trinajstić information content (AvgIpc) is 2.27. The van der Waals surface area contributed by atoms with E-state index in [0.717, 1.165) is 12.1 Å². The maximum absolute atomic E-state index is 12.4. The number of hydrogen-bond donors (Lipinski definition) is 0. The summed E-state index contributed by atoms with van der Waals surface area (Å²) in [4.78, 5) is 7.54. The second kappa shape index (κ2) is 4.74. The molecule has 0 atom stereocenters. The molecule has 2 aromatic rings. The molecule has 1 aromatic heterocycles. The molecule has 7 heteroatoms. The third-order valence-corrected chi connectivity index (χ3v) is 2.54. The van der Waals surface area contributed by atoms with Crippen LogP contribution < -0.4 is 0 Å². The van der Waals surface area contributed by atoms with Gasteiger partial charge in [0.2, 0.25) is 5.28 Å². The van der Waals surface area contributed by atoms with Gasteiger partial charge in [-0.05, 0) is 23.7 Å². The summed E-state index contributed by atoms with van der Waals surface area (Å²) < 4.78 is 37.1. The average molecular weight is 293 g/mol. The first-order chi connectivity index (χ1) is 8.36. The van der Waals surface area contributed by atoms with Crippen molar-refractivity contribution >= 4 is 23.2 Å². The van der Waals surface area contributed by atoms with Crippen LogP contribution in [0.4, 0.5) is 13.2 Å². The highest BCUT2D eigenvalue weighted by atomic mass is 35.5. The number of nitrogens with zero attached hydrogens (tertiary/aromatic N) is 2. The summed E-state index contributed by atoms with van der Waals surface area (Å²) in [6, 6.07) is 5.98. The Hall–Kier alpha value is -1.33. The van der Waals surface area contributed by atoms with Crippen molar-refractivity contribution in [2.75, 3.05) is 0 Å². The molecule has 2 nitrogen and oxygen atoms in total. The Morgan fingerprint density at radius 1 is 0.944 bits per heavy atom. The smallest absolute Gasteiger partial charge is 0.218 e. The summed E-state index contributed by atoms with van der Waals surface area (Å²) in [5.41, 5.74) is 0.125. The Labute approximate surface area is 110 Å². The molecule has 0 aliphatic heterocycles. The van der Waals surface area contributed by atoms with E-state index in [2.05, 4.69) is 9.97 Å². The van der Waals surface area contributed by atoms with Crippen molar-refractivity contribution < 1.29 is 13.2 Å². The van der Waals surface area contributed by atoms with Crippen LogP contribution in [0, 0.1) is 0 Å². The van der Waals surface area contributed by atoms with Gasteiger partial charge in [-0.2, -0.15) is 13.2 Å². The van der Waals surface area contributed by atoms with Crippen molar-refractivity contribution in [3.05, 3.63) is 46.3 Å². The molecular weight excluding hydrogens is 288 g/mol. The van der Waals surface area contributed by atoms with Crippen molar-refractivity contribution in [2.45, 2.75) is 6.18 Å². The Morgan fingerprint density at radius 2 is 1.56 bits per heavy atom. The van der Waals surface area contributed by atoms with Crippen LogP contribution in [-0.4, -0.2) is 9.97 Å². The first-order valence-electron chi connectivity index (χ1n) is 4.74. The van der Waals surface area contributed by atoms with E-state index in [9.17, 15) is 13.2 Å². The lowest BCUT2D eigenvalue weighted by Gasteiger charge is -2.07. The van der Waals surface area contributed by atoms with Crippen LogP contribution in [0.15, 0.2) is 30.3 Å². The molecule has 0 spiro atoms. The molecule has 1 aromatic carbocycles. The maximum atomic E-state index is 12.4. The zero-order chi connectivity index (χ0) is 13.3. The van der Waals surface area contributed by atoms with Gasteiger partial charge in [0.05, 0.1) is 11.3 Å². The third kappa shape index (κ3) is 2.91. The minimum absolute atomic E-state index is 0.0580. The number of benzene rings is 1. The second-order valence-corrected chi connectivity index (χ2v) is 4.15. The van der Waals surface area contributed by atoms with Gasteiger partial charge in [-0.1, -0.05) is 23.7 Å². The monoisotopic (exact) mass is 292 g/mol. The van der Waals surface area contributed by atoms with Gasteiger partial charge in [0.15, 0.2) is 0 Å². The van der Waals surface area contributed by atoms with E-state index in [1.807, 2.05) is 0 Å². The number of aromatic nitrogens is 2. The van der Waals surface area contributed by atoms with E-state index in [0.29, 0.717) is 11.3 Å². The molecule has 0 saturated heterocycles. The normalized spacial score (nSPS) is 11.6. The molecule has 94 valence electrons. The molecule has 0 aliphatic rings. The molecular formula is C11H5Cl2F3N2. The number of halogens is 5. The summed E-state index contributed by atoms with van der Waals surface area (Å²) in [5, 5.41) is 0.0716. The van der Waals surface area contributed by atoms with Crippen molar-refractivity contribution in [1.29, 1.82) is 0 Å². The van der Waals surface area contributed by atoms with Crippen LogP contribution in [0.3, 0.4) is 0 Å². The number of alkyl halides is 3. The van der Waals surface area contributed by atoms with Crippen molar-refractivity contribution in [3.8, 4) is 11.3 Å². The summed E-state index contributed by atoms with van der Waals surface area (Å²) in [6.45, 7) is 0. The minimum Gasteiger partial charge on any atom is -0.218 e. The summed E-state index contributed by atoms with van der Waals surface area (Å²) in [7, 11) is 0. The molecule has 2 rings (SSSR count). The quantitative estimate of drug-likeness (QED) is 0.572. The summed E-state index contributed by atoms with van der Waals surface area (Å²) in [5.74, 6) is 0. The Kier molecular flexibility index (Phi) is 3.45. The van der Waals surface area contributed by atoms with Crippen LogP contribution >= 0.6 is 23.2 Å². The second-order valence-electron chi connectivity index (χ2n) is 3.42. The van der Waals surface area contributed by atoms with Gasteiger partial charge < -0.3 is 0 Å². The van der Waals surface area contributed by atoms with E-state index in [1.165, 1.54) is 18.2 Å². The summed E-state index contributed by atoms with van der Waals surface area (Å²) in [6.07, 6.45) is -4.36. The van der Waals surface area contributed by atoms with Gasteiger partial charge in [0, 0.05) is 11.6 Å². The zero-order valence-electron chi connectivity index (χ0n) is 8.67. The lowest BCUT2D eigenvalue weighted by Crippen LogP contribution is -2.04. The van der Waals surface area contributed by atoms with Crippen molar-refractivity contribution in [2.24, 2.45) is 0 Å². The molecule has 1 heterocycles. The topological polar surface area (TPSA) is 25.8 Å². The number of hydrogen-bond acceptors (Lipinski definition) is 2. The lowest BCUT2D eigenvalue weighted by molar-refractivity contribution is -0.137. The van der Waals surface area contributed by atoms with Crippen LogP contribution in [-0.2, 0) is 6.18 Å². The molecule has 0 aliphatic carbocycles. The highest BCUT2D eigenvalue weighted by Crippen LogP contribution is 2.31. The van der Waals surface area contributed by atoms with Crippen LogP contribution in [0.2, 0.25) is 10.4 Å². The predicted molar refractivity (Wildman–Crippen MR) is 62.5 cm³/mol. The van der Waals surface area contributed by atoms with Gasteiger partial charge in [0.25, 0.3) is 0 Å². The van der Waals surface area contributed by atoms with Gasteiger partial charge >= 0.3 is 6.18 Å². The van der Waals surface area contributed by atoms with Gasteiger partial charge in [-0.25, -0.2) is 9.97 Å². The Morgan fingerprint density at radius 3 is 2.06 bits per heavy atom. The van der Waals surface area contributed by atoms with Gasteiger partial charge in [0.1, 0.15) is 5.15 Å². The fourth-order valence-corrected chi connectivity index (χ4v) is 1.78. The molecule has 18 heavy (non-hydrogen) atoms. The van der Waals surface area contributed by atoms with Gasteiger partial charge in [-0.15, -0.1) is 0 Å². The largest absolute Gasteiger partial charge is 0.416 e. The van der Waals surface area contributed by atoms with Gasteiger partial charge in [-0.3, -0.25) is 0 Å². The number of rotatable bonds is 1. The Balaban J connectivity index is 2.40. The van der Waals surface area contributed by atoms with E-state index in [4.69, 9.17) is 23.2 Å². The van der Waals surface area contributed by atoms with E-state index >= 15 is 0 Å². The minimum atomic E-state index is -4.36. The van der Waals surface area contributed by atoms with Crippen LogP contribution in [0.1, 0.15) is 5.56 Å². The molecule has 0 N–H and O–H groups in total. The zero-order valence-corrected chi connectivity index (χ0v) is 10.2. The van der Waals surface area contributed by atoms with E-state index in [-0.39, 0.29) is 10.4 Å². The van der Waals surface area contributed by atoms with Crippen molar-refractivity contribution in [3.63, 3.8) is 0 Å². The van der Waals surface area contributed by atoms with E-state index < -0.39 is 11.7 Å². The van der Waals surface area contributed by atoms with E-state index in [1.54, 1.807) is 0 Å². The third-order valence-electron chi connectivity index (χ3n) is 2.18. The highest BCUT2D eigenvalue weighted by molar-refractivity contribution is 6.32. The first kappa shape index (κ1) is 13.1. The van der Waals surface area contributed by atoms with Crippen molar-refractivity contribution in [1.82, 2.24) is 9.97 Å². The fraction of sp³-hybridized carbons (Fsp3) is 0.0909. The van der Waals surface area contributed by atoms with Crippen LogP contribution in [0.5, 0.6) is 0 Å². The summed E-state index contributed by atoms with van der Waals surface area (Å²) >= 11 is 11.3. The fourth-order valence-electron chi connectivity index (χ4n) is 1.37. The molecule has 0 unspecified atom stereocenters. The van der Waals surface area contributed by atoms with Crippen LogP contribution in [0.25, 0.3) is 11.3 Å². The molecule has 0 amide bonds. The highest BCUT2D eigenvalue weighted by Gasteiger charge is 2.30. The Bertz CT molecular complexity index is 547.